The zero-order valence-corrected chi connectivity index (χ0v) is 21.0. The van der Waals surface area contributed by atoms with Gasteiger partial charge in [0.2, 0.25) is 5.95 Å². The molecule has 1 fully saturated rings. The van der Waals surface area contributed by atoms with Crippen LogP contribution in [0.2, 0.25) is 0 Å². The van der Waals surface area contributed by atoms with Gasteiger partial charge in [0, 0.05) is 31.3 Å². The van der Waals surface area contributed by atoms with Crippen molar-refractivity contribution < 1.29 is 14.3 Å². The van der Waals surface area contributed by atoms with Gasteiger partial charge in [-0.25, -0.2) is 19.7 Å². The number of alkyl carbamates (subject to hydrolysis) is 1. The van der Waals surface area contributed by atoms with Crippen LogP contribution >= 0.6 is 15.9 Å². The van der Waals surface area contributed by atoms with Crippen molar-refractivity contribution in [3.63, 3.8) is 0 Å². The van der Waals surface area contributed by atoms with E-state index >= 15 is 0 Å². The van der Waals surface area contributed by atoms with Gasteiger partial charge in [-0.1, -0.05) is 6.92 Å². The first-order valence-corrected chi connectivity index (χ1v) is 11.9. The van der Waals surface area contributed by atoms with Gasteiger partial charge in [0.1, 0.15) is 28.5 Å². The average molecular weight is 509 g/mol. The van der Waals surface area contributed by atoms with Gasteiger partial charge in [0.05, 0.1) is 5.69 Å². The van der Waals surface area contributed by atoms with Crippen LogP contribution in [0, 0.1) is 0 Å². The molecule has 0 bridgehead atoms. The number of amides is 1. The molecule has 0 saturated heterocycles. The largest absolute Gasteiger partial charge is 0.444 e. The van der Waals surface area contributed by atoms with Crippen molar-refractivity contribution >= 4 is 28.0 Å². The lowest BCUT2D eigenvalue weighted by molar-refractivity contribution is 0.0511. The summed E-state index contributed by atoms with van der Waals surface area (Å²) < 4.78 is 14.0. The Morgan fingerprint density at radius 2 is 2.09 bits per heavy atom. The summed E-state index contributed by atoms with van der Waals surface area (Å²) in [6.45, 7) is 11.1. The third-order valence-corrected chi connectivity index (χ3v) is 5.25. The lowest BCUT2D eigenvalue weighted by Gasteiger charge is -2.22. The molecule has 2 heterocycles. The maximum absolute atomic E-state index is 11.9. The Hall–Kier alpha value is -2.20. The SMILES string of the molecule is CCCOCn1c(C2CC2)nc(Br)c1-c1ccnc(NC[C@H](C)NC(=O)OC(C)(C)C)n1. The smallest absolute Gasteiger partial charge is 0.407 e. The Morgan fingerprint density at radius 3 is 2.75 bits per heavy atom. The summed E-state index contributed by atoms with van der Waals surface area (Å²) in [4.78, 5) is 25.7. The fourth-order valence-corrected chi connectivity index (χ4v) is 3.75. The highest BCUT2D eigenvalue weighted by Crippen LogP contribution is 2.42. The fourth-order valence-electron chi connectivity index (χ4n) is 3.15. The van der Waals surface area contributed by atoms with Crippen LogP contribution < -0.4 is 10.6 Å². The second-order valence-electron chi connectivity index (χ2n) is 9.04. The van der Waals surface area contributed by atoms with Gasteiger partial charge >= 0.3 is 6.09 Å². The minimum Gasteiger partial charge on any atom is -0.444 e. The zero-order chi connectivity index (χ0) is 23.3. The van der Waals surface area contributed by atoms with Crippen molar-refractivity contribution in [2.45, 2.75) is 78.2 Å². The summed E-state index contributed by atoms with van der Waals surface area (Å²) in [5, 5.41) is 5.99. The number of ether oxygens (including phenoxy) is 2. The summed E-state index contributed by atoms with van der Waals surface area (Å²) in [5.41, 5.74) is 1.10. The van der Waals surface area contributed by atoms with Crippen LogP contribution in [0.3, 0.4) is 0 Å². The van der Waals surface area contributed by atoms with E-state index in [1.165, 1.54) is 0 Å². The first kappa shape index (κ1) is 24.4. The lowest BCUT2D eigenvalue weighted by Crippen LogP contribution is -2.41. The number of nitrogens with one attached hydrogen (secondary N) is 2. The molecule has 176 valence electrons. The van der Waals surface area contributed by atoms with Crippen LogP contribution in [0.15, 0.2) is 16.9 Å². The molecule has 1 saturated carbocycles. The number of hydrogen-bond donors (Lipinski definition) is 2. The third kappa shape index (κ3) is 6.90. The van der Waals surface area contributed by atoms with Gasteiger partial charge in [-0.2, -0.15) is 0 Å². The Bertz CT molecular complexity index is 923. The molecular weight excluding hydrogens is 476 g/mol. The van der Waals surface area contributed by atoms with E-state index in [4.69, 9.17) is 14.5 Å². The van der Waals surface area contributed by atoms with Gasteiger partial charge < -0.3 is 24.7 Å². The van der Waals surface area contributed by atoms with Crippen LogP contribution in [0.1, 0.15) is 65.6 Å². The van der Waals surface area contributed by atoms with Crippen LogP contribution in [0.5, 0.6) is 0 Å². The summed E-state index contributed by atoms with van der Waals surface area (Å²) in [7, 11) is 0. The number of nitrogens with zero attached hydrogens (tertiary/aromatic N) is 4. The molecule has 32 heavy (non-hydrogen) atoms. The number of carbonyl (C=O) groups is 1. The first-order valence-electron chi connectivity index (χ1n) is 11.1. The molecule has 1 aliphatic carbocycles. The monoisotopic (exact) mass is 508 g/mol. The standard InChI is InChI=1S/C22H33BrN6O3/c1-6-11-31-13-29-17(18(23)28-19(29)15-7-8-15)16-9-10-24-20(27-16)25-12-14(2)26-21(30)32-22(3,4)5/h9-10,14-15H,6-8,11-13H2,1-5H3,(H,26,30)(H,24,25,27)/t14-/m0/s1. The van der Waals surface area contributed by atoms with E-state index in [9.17, 15) is 4.79 Å². The van der Waals surface area contributed by atoms with Crippen molar-refractivity contribution in [2.75, 3.05) is 18.5 Å². The van der Waals surface area contributed by atoms with Gasteiger partial charge in [-0.3, -0.25) is 0 Å². The summed E-state index contributed by atoms with van der Waals surface area (Å²) in [6.07, 6.45) is 4.52. The highest BCUT2D eigenvalue weighted by molar-refractivity contribution is 9.10. The predicted molar refractivity (Wildman–Crippen MR) is 126 cm³/mol. The fraction of sp³-hybridized carbons (Fsp3) is 0.636. The molecule has 1 aliphatic rings. The first-order chi connectivity index (χ1) is 15.2. The highest BCUT2D eigenvalue weighted by atomic mass is 79.9. The molecule has 1 atom stereocenters. The van der Waals surface area contributed by atoms with Crippen molar-refractivity contribution in [3.8, 4) is 11.4 Å². The van der Waals surface area contributed by atoms with E-state index in [2.05, 4.69) is 48.0 Å². The molecule has 1 amide bonds. The van der Waals surface area contributed by atoms with Crippen LogP contribution in [0.4, 0.5) is 10.7 Å². The van der Waals surface area contributed by atoms with Crippen molar-refractivity contribution in [1.29, 1.82) is 0 Å². The summed E-state index contributed by atoms with van der Waals surface area (Å²) in [6, 6.07) is 1.70. The molecule has 0 spiro atoms. The van der Waals surface area contributed by atoms with Crippen molar-refractivity contribution in [1.82, 2.24) is 24.8 Å². The normalized spacial score (nSPS) is 14.8. The molecule has 0 radical (unpaired) electrons. The number of aromatic nitrogens is 4. The van der Waals surface area contributed by atoms with E-state index in [1.807, 2.05) is 33.8 Å². The quantitative estimate of drug-likeness (QED) is 0.448. The molecule has 10 heteroatoms. The van der Waals surface area contributed by atoms with Crippen LogP contribution in [-0.2, 0) is 16.2 Å². The minimum atomic E-state index is -0.537. The maximum atomic E-state index is 11.9. The second-order valence-corrected chi connectivity index (χ2v) is 9.79. The van der Waals surface area contributed by atoms with E-state index in [0.717, 1.165) is 41.1 Å². The topological polar surface area (TPSA) is 103 Å². The van der Waals surface area contributed by atoms with Crippen LogP contribution in [0.25, 0.3) is 11.4 Å². The molecule has 2 aromatic heterocycles. The van der Waals surface area contributed by atoms with Gasteiger partial charge in [-0.15, -0.1) is 0 Å². The van der Waals surface area contributed by atoms with Crippen LogP contribution in [-0.4, -0.2) is 50.4 Å². The van der Waals surface area contributed by atoms with E-state index in [0.29, 0.717) is 31.7 Å². The molecule has 9 nitrogen and oxygen atoms in total. The van der Waals surface area contributed by atoms with Gasteiger partial charge in [0.15, 0.2) is 0 Å². The number of imidazole rings is 1. The molecule has 2 N–H and O–H groups in total. The lowest BCUT2D eigenvalue weighted by atomic mass is 10.2. The third-order valence-electron chi connectivity index (χ3n) is 4.69. The molecule has 3 rings (SSSR count). The molecule has 2 aromatic rings. The predicted octanol–water partition coefficient (Wildman–Crippen LogP) is 4.69. The number of hydrogen-bond acceptors (Lipinski definition) is 7. The Labute approximate surface area is 197 Å². The van der Waals surface area contributed by atoms with E-state index in [1.54, 1.807) is 6.20 Å². The Balaban J connectivity index is 1.70. The molecular formula is C22H33BrN6O3. The van der Waals surface area contributed by atoms with Gasteiger partial charge in [-0.05, 0) is 69.0 Å². The molecule has 0 aromatic carbocycles. The average Bonchev–Trinajstić information content (AvgIpc) is 3.49. The Kier molecular flexibility index (Phi) is 8.10. The zero-order valence-electron chi connectivity index (χ0n) is 19.4. The molecule has 0 unspecified atom stereocenters. The summed E-state index contributed by atoms with van der Waals surface area (Å²) >= 11 is 3.62. The minimum absolute atomic E-state index is 0.168. The molecule has 0 aliphatic heterocycles. The van der Waals surface area contributed by atoms with E-state index < -0.39 is 11.7 Å². The van der Waals surface area contributed by atoms with E-state index in [-0.39, 0.29) is 6.04 Å². The second kappa shape index (κ2) is 10.6. The number of carbonyl (C=O) groups excluding carboxylic acids is 1. The summed E-state index contributed by atoms with van der Waals surface area (Å²) in [5.74, 6) is 1.98. The number of anilines is 1. The van der Waals surface area contributed by atoms with Crippen molar-refractivity contribution in [2.24, 2.45) is 0 Å². The Morgan fingerprint density at radius 1 is 1.34 bits per heavy atom. The maximum Gasteiger partial charge on any atom is 0.407 e. The van der Waals surface area contributed by atoms with Gasteiger partial charge in [0.25, 0.3) is 0 Å². The van der Waals surface area contributed by atoms with Crippen molar-refractivity contribution in [3.05, 3.63) is 22.7 Å². The highest BCUT2D eigenvalue weighted by Gasteiger charge is 2.31. The number of halogens is 1. The number of rotatable bonds is 10.